The van der Waals surface area contributed by atoms with E-state index in [1.165, 1.54) is 0 Å². The third kappa shape index (κ3) is 4.25. The molecular weight excluding hydrogens is 352 g/mol. The number of carbonyl (C=O) groups excluding carboxylic acids is 2. The van der Waals surface area contributed by atoms with Gasteiger partial charge in [0.25, 0.3) is 5.91 Å². The third-order valence-electron chi connectivity index (χ3n) is 4.28. The molecule has 1 aliphatic rings. The Morgan fingerprint density at radius 1 is 1.35 bits per heavy atom. The van der Waals surface area contributed by atoms with Gasteiger partial charge in [-0.25, -0.2) is 0 Å². The Morgan fingerprint density at radius 3 is 2.65 bits per heavy atom. The third-order valence-corrected chi connectivity index (χ3v) is 4.78. The summed E-state index contributed by atoms with van der Waals surface area (Å²) in [6, 6.07) is 7.04. The van der Waals surface area contributed by atoms with Crippen molar-refractivity contribution in [3.8, 4) is 0 Å². The largest absolute Gasteiger partial charge is 0.383 e. The van der Waals surface area contributed by atoms with Gasteiger partial charge in [-0.15, -0.1) is 5.10 Å². The molecule has 1 heterocycles. The zero-order valence-corrected chi connectivity index (χ0v) is 15.7. The average molecular weight is 374 g/mol. The van der Waals surface area contributed by atoms with Crippen molar-refractivity contribution >= 4 is 23.3 Å². The molecule has 0 saturated heterocycles. The molecule has 26 heavy (non-hydrogen) atoms. The van der Waals surface area contributed by atoms with Crippen LogP contribution in [0.25, 0.3) is 0 Å². The van der Waals surface area contributed by atoms with Gasteiger partial charge >= 0.3 is 0 Å². The summed E-state index contributed by atoms with van der Waals surface area (Å²) in [6.45, 7) is 2.80. The summed E-state index contributed by atoms with van der Waals surface area (Å²) in [6.07, 6.45) is 1.77. The molecule has 1 unspecified atom stereocenters. The number of aromatic nitrogens is 2. The minimum absolute atomic E-state index is 0.0451. The summed E-state index contributed by atoms with van der Waals surface area (Å²) in [5, 5.41) is 8.38. The monoisotopic (exact) mass is 374 g/mol. The fourth-order valence-electron chi connectivity index (χ4n) is 2.80. The van der Waals surface area contributed by atoms with Crippen LogP contribution in [0.15, 0.2) is 29.6 Å². The highest BCUT2D eigenvalue weighted by Crippen LogP contribution is 2.36. The minimum atomic E-state index is -0.700. The van der Waals surface area contributed by atoms with E-state index in [0.717, 1.165) is 35.5 Å². The highest BCUT2D eigenvalue weighted by atomic mass is 32.1. The maximum absolute atomic E-state index is 13.0. The number of carbonyl (C=O) groups is 2. The fraction of sp³-hybridized carbons (Fsp3) is 0.444. The molecule has 1 atom stereocenters. The van der Waals surface area contributed by atoms with Crippen LogP contribution in [0.3, 0.4) is 0 Å². The second kappa shape index (κ2) is 8.37. The molecule has 1 aromatic heterocycles. The van der Waals surface area contributed by atoms with Gasteiger partial charge in [-0.1, -0.05) is 34.3 Å². The first-order chi connectivity index (χ1) is 12.6. The number of methoxy groups -OCH3 is 1. The Labute approximate surface area is 156 Å². The van der Waals surface area contributed by atoms with Crippen LogP contribution in [-0.4, -0.2) is 52.6 Å². The predicted molar refractivity (Wildman–Crippen MR) is 97.9 cm³/mol. The van der Waals surface area contributed by atoms with Crippen LogP contribution in [0.5, 0.6) is 0 Å². The first-order valence-corrected chi connectivity index (χ1v) is 9.38. The molecule has 8 heteroatoms. The normalized spacial score (nSPS) is 14.7. The van der Waals surface area contributed by atoms with Gasteiger partial charge in [0.1, 0.15) is 6.04 Å². The SMILES string of the molecule is COCCNC(=O)C(c1ccc(C)cc1)N(C(=O)c1csnn1)C1CC1. The molecule has 0 bridgehead atoms. The number of amides is 2. The predicted octanol–water partition coefficient (Wildman–Crippen LogP) is 1.96. The van der Waals surface area contributed by atoms with E-state index in [2.05, 4.69) is 14.9 Å². The van der Waals surface area contributed by atoms with Crippen LogP contribution < -0.4 is 5.32 Å². The Balaban J connectivity index is 1.92. The molecule has 0 spiro atoms. The molecule has 1 fully saturated rings. The molecule has 1 N–H and O–H groups in total. The topological polar surface area (TPSA) is 84.4 Å². The van der Waals surface area contributed by atoms with Crippen LogP contribution in [0.2, 0.25) is 0 Å². The van der Waals surface area contributed by atoms with Crippen LogP contribution in [0, 0.1) is 6.92 Å². The zero-order valence-electron chi connectivity index (χ0n) is 14.8. The van der Waals surface area contributed by atoms with Crippen molar-refractivity contribution in [2.75, 3.05) is 20.3 Å². The number of nitrogens with one attached hydrogen (secondary N) is 1. The molecule has 2 aromatic rings. The van der Waals surface area contributed by atoms with Crippen molar-refractivity contribution in [2.24, 2.45) is 0 Å². The van der Waals surface area contributed by atoms with E-state index in [4.69, 9.17) is 4.74 Å². The van der Waals surface area contributed by atoms with E-state index in [9.17, 15) is 9.59 Å². The van der Waals surface area contributed by atoms with Crippen LogP contribution in [0.1, 0.15) is 40.5 Å². The van der Waals surface area contributed by atoms with E-state index in [1.54, 1.807) is 17.4 Å². The van der Waals surface area contributed by atoms with Gasteiger partial charge in [-0.05, 0) is 36.9 Å². The molecule has 1 aromatic carbocycles. The van der Waals surface area contributed by atoms with E-state index in [0.29, 0.717) is 13.2 Å². The Hall–Kier alpha value is -2.32. The number of benzene rings is 1. The van der Waals surface area contributed by atoms with Gasteiger partial charge in [0.05, 0.1) is 6.61 Å². The molecule has 1 aliphatic carbocycles. The summed E-state index contributed by atoms with van der Waals surface area (Å²) < 4.78 is 8.79. The first kappa shape index (κ1) is 18.5. The molecule has 2 amide bonds. The number of rotatable bonds is 8. The number of aryl methyl sites for hydroxylation is 1. The van der Waals surface area contributed by atoms with Gasteiger partial charge in [-0.3, -0.25) is 9.59 Å². The standard InChI is InChI=1S/C18H22N4O3S/c1-12-3-5-13(6-4-12)16(17(23)19-9-10-25-2)22(14-7-8-14)18(24)15-11-26-21-20-15/h3-6,11,14,16H,7-10H2,1-2H3,(H,19,23). The molecule has 3 rings (SSSR count). The van der Waals surface area contributed by atoms with Gasteiger partial charge in [0.15, 0.2) is 5.69 Å². The second-order valence-electron chi connectivity index (χ2n) is 6.33. The lowest BCUT2D eigenvalue weighted by atomic mass is 10.0. The van der Waals surface area contributed by atoms with Gasteiger partial charge in [0.2, 0.25) is 5.91 Å². The van der Waals surface area contributed by atoms with E-state index in [-0.39, 0.29) is 23.6 Å². The number of hydrogen-bond donors (Lipinski definition) is 1. The molecule has 0 radical (unpaired) electrons. The first-order valence-electron chi connectivity index (χ1n) is 8.54. The minimum Gasteiger partial charge on any atom is -0.383 e. The van der Waals surface area contributed by atoms with E-state index >= 15 is 0 Å². The molecule has 138 valence electrons. The van der Waals surface area contributed by atoms with Gasteiger partial charge < -0.3 is 15.0 Å². The van der Waals surface area contributed by atoms with Crippen LogP contribution in [0.4, 0.5) is 0 Å². The molecular formula is C18H22N4O3S. The van der Waals surface area contributed by atoms with Crippen molar-refractivity contribution in [1.29, 1.82) is 0 Å². The van der Waals surface area contributed by atoms with E-state index < -0.39 is 6.04 Å². The summed E-state index contributed by atoms with van der Waals surface area (Å²) in [5.74, 6) is -0.469. The highest BCUT2D eigenvalue weighted by Gasteiger charge is 2.42. The van der Waals surface area contributed by atoms with E-state index in [1.807, 2.05) is 31.2 Å². The lowest BCUT2D eigenvalue weighted by molar-refractivity contribution is -0.126. The fourth-order valence-corrected chi connectivity index (χ4v) is 3.23. The maximum atomic E-state index is 13.0. The average Bonchev–Trinajstić information content (AvgIpc) is 3.32. The van der Waals surface area contributed by atoms with Crippen molar-refractivity contribution in [3.05, 3.63) is 46.5 Å². The number of nitrogens with zero attached hydrogens (tertiary/aromatic N) is 3. The van der Waals surface area contributed by atoms with Gasteiger partial charge in [-0.2, -0.15) is 0 Å². The number of hydrogen-bond acceptors (Lipinski definition) is 6. The molecule has 0 aliphatic heterocycles. The molecule has 1 saturated carbocycles. The Bertz CT molecular complexity index is 744. The summed E-state index contributed by atoms with van der Waals surface area (Å²) >= 11 is 1.13. The Morgan fingerprint density at radius 2 is 2.08 bits per heavy atom. The zero-order chi connectivity index (χ0) is 18.5. The lowest BCUT2D eigenvalue weighted by Crippen LogP contribution is -2.45. The summed E-state index contributed by atoms with van der Waals surface area (Å²) in [4.78, 5) is 27.6. The Kier molecular flexibility index (Phi) is 5.95. The summed E-state index contributed by atoms with van der Waals surface area (Å²) in [5.41, 5.74) is 2.16. The second-order valence-corrected chi connectivity index (χ2v) is 6.94. The van der Waals surface area contributed by atoms with Crippen molar-refractivity contribution < 1.29 is 14.3 Å². The number of ether oxygens (including phenoxy) is 1. The highest BCUT2D eigenvalue weighted by molar-refractivity contribution is 7.03. The van der Waals surface area contributed by atoms with Gasteiger partial charge in [0, 0.05) is 25.1 Å². The smallest absolute Gasteiger partial charge is 0.276 e. The maximum Gasteiger partial charge on any atom is 0.276 e. The van der Waals surface area contributed by atoms with Crippen LogP contribution >= 0.6 is 11.5 Å². The van der Waals surface area contributed by atoms with Crippen molar-refractivity contribution in [3.63, 3.8) is 0 Å². The van der Waals surface area contributed by atoms with Crippen molar-refractivity contribution in [1.82, 2.24) is 19.8 Å². The quantitative estimate of drug-likeness (QED) is 0.714. The molecule has 7 nitrogen and oxygen atoms in total. The lowest BCUT2D eigenvalue weighted by Gasteiger charge is -2.31. The van der Waals surface area contributed by atoms with Crippen LogP contribution in [-0.2, 0) is 9.53 Å². The summed E-state index contributed by atoms with van der Waals surface area (Å²) in [7, 11) is 1.58. The van der Waals surface area contributed by atoms with Crippen molar-refractivity contribution in [2.45, 2.75) is 31.8 Å².